The summed E-state index contributed by atoms with van der Waals surface area (Å²) in [4.78, 5) is 54.5. The maximum absolute atomic E-state index is 12.2. The number of H-pyrrole nitrogens is 3. The lowest BCUT2D eigenvalue weighted by atomic mass is 10.5. The van der Waals surface area contributed by atoms with Gasteiger partial charge in [-0.2, -0.15) is 14.6 Å². The second kappa shape index (κ2) is 4.06. The Morgan fingerprint density at radius 3 is 2.30 bits per heavy atom. The highest BCUT2D eigenvalue weighted by Gasteiger charge is 2.17. The van der Waals surface area contributed by atoms with Crippen molar-refractivity contribution in [2.75, 3.05) is 11.5 Å². The molecule has 0 radical (unpaired) electrons. The molecule has 0 aromatic carbocycles. The molecule has 23 heavy (non-hydrogen) atoms. The molecule has 0 amide bonds. The van der Waals surface area contributed by atoms with Crippen LogP contribution in [-0.2, 0) is 0 Å². The zero-order chi connectivity index (χ0) is 16.3. The van der Waals surface area contributed by atoms with Crippen molar-refractivity contribution in [3.05, 3.63) is 37.5 Å². The number of hydrogen-bond donors (Lipinski definition) is 5. The van der Waals surface area contributed by atoms with Crippen LogP contribution in [0.1, 0.15) is 0 Å². The molecule has 0 atom stereocenters. The average molecular weight is 316 g/mol. The fourth-order valence-electron chi connectivity index (χ4n) is 2.26. The summed E-state index contributed by atoms with van der Waals surface area (Å²) in [5.74, 6) is -0.326. The van der Waals surface area contributed by atoms with Gasteiger partial charge in [-0.15, -0.1) is 0 Å². The standard InChI is InChI=1S/C10H8N10O3/c11-8-15-4-2(6(21)17-8)13-1-19(4)20-5-3(14-10(20)23)7(22)18-9(12)16-5/h1H,(H,14,23)(H3,11,15,17,21)(H3,12,16,18,22). The zero-order valence-corrected chi connectivity index (χ0v) is 11.2. The smallest absolute Gasteiger partial charge is 0.347 e. The third kappa shape index (κ3) is 1.66. The molecule has 4 aromatic rings. The van der Waals surface area contributed by atoms with Gasteiger partial charge in [0.2, 0.25) is 11.9 Å². The van der Waals surface area contributed by atoms with Gasteiger partial charge in [0.25, 0.3) is 11.1 Å². The van der Waals surface area contributed by atoms with Crippen LogP contribution in [0.3, 0.4) is 0 Å². The molecule has 13 nitrogen and oxygen atoms in total. The monoisotopic (exact) mass is 316 g/mol. The minimum absolute atomic E-state index is 0.0231. The van der Waals surface area contributed by atoms with Crippen LogP contribution in [0, 0.1) is 0 Å². The summed E-state index contributed by atoms with van der Waals surface area (Å²) in [5, 5.41) is 0. The van der Waals surface area contributed by atoms with Gasteiger partial charge in [-0.05, 0) is 0 Å². The minimum Gasteiger partial charge on any atom is -0.369 e. The molecule has 0 aliphatic carbocycles. The molecule has 0 spiro atoms. The number of anilines is 2. The van der Waals surface area contributed by atoms with Gasteiger partial charge in [-0.3, -0.25) is 24.5 Å². The van der Waals surface area contributed by atoms with Crippen LogP contribution in [0.2, 0.25) is 0 Å². The van der Waals surface area contributed by atoms with E-state index in [2.05, 4.69) is 29.9 Å². The van der Waals surface area contributed by atoms with Gasteiger partial charge in [-0.1, -0.05) is 0 Å². The van der Waals surface area contributed by atoms with Crippen molar-refractivity contribution in [1.82, 2.24) is 39.3 Å². The molecular formula is C10H8N10O3. The number of imidazole rings is 2. The second-order valence-electron chi connectivity index (χ2n) is 4.60. The highest BCUT2D eigenvalue weighted by atomic mass is 16.2. The topological polar surface area (TPSA) is 199 Å². The number of nitrogens with two attached hydrogens (primary N) is 2. The van der Waals surface area contributed by atoms with Crippen LogP contribution in [0.15, 0.2) is 20.7 Å². The van der Waals surface area contributed by atoms with E-state index in [1.807, 2.05) is 0 Å². The van der Waals surface area contributed by atoms with Gasteiger partial charge >= 0.3 is 5.69 Å². The Morgan fingerprint density at radius 1 is 0.913 bits per heavy atom. The van der Waals surface area contributed by atoms with E-state index < -0.39 is 16.8 Å². The molecule has 4 aromatic heterocycles. The largest absolute Gasteiger partial charge is 0.369 e. The third-order valence-electron chi connectivity index (χ3n) is 3.17. The molecule has 0 saturated carbocycles. The maximum Gasteiger partial charge on any atom is 0.347 e. The molecule has 7 N–H and O–H groups in total. The van der Waals surface area contributed by atoms with Gasteiger partial charge < -0.3 is 11.5 Å². The third-order valence-corrected chi connectivity index (χ3v) is 3.17. The van der Waals surface area contributed by atoms with E-state index >= 15 is 0 Å². The van der Waals surface area contributed by atoms with Crippen LogP contribution in [0.25, 0.3) is 22.3 Å². The number of aromatic nitrogens is 8. The van der Waals surface area contributed by atoms with E-state index in [0.29, 0.717) is 0 Å². The van der Waals surface area contributed by atoms with Crippen molar-refractivity contribution in [3.63, 3.8) is 0 Å². The van der Waals surface area contributed by atoms with E-state index in [-0.39, 0.29) is 34.2 Å². The number of nitrogen functional groups attached to an aromatic ring is 2. The molecule has 0 fully saturated rings. The summed E-state index contributed by atoms with van der Waals surface area (Å²) >= 11 is 0. The first-order chi connectivity index (χ1) is 11.0. The second-order valence-corrected chi connectivity index (χ2v) is 4.60. The minimum atomic E-state index is -0.691. The van der Waals surface area contributed by atoms with E-state index in [4.69, 9.17) is 11.5 Å². The molecule has 4 rings (SSSR count). The number of hydrogen-bond acceptors (Lipinski definition) is 8. The summed E-state index contributed by atoms with van der Waals surface area (Å²) in [6.45, 7) is 0. The summed E-state index contributed by atoms with van der Waals surface area (Å²) in [6.07, 6.45) is 1.18. The Labute approximate surface area is 123 Å². The number of nitrogens with one attached hydrogen (secondary N) is 3. The van der Waals surface area contributed by atoms with Crippen LogP contribution in [0.4, 0.5) is 11.9 Å². The van der Waals surface area contributed by atoms with Crippen molar-refractivity contribution in [1.29, 1.82) is 0 Å². The molecule has 0 saturated heterocycles. The molecular weight excluding hydrogens is 308 g/mol. The summed E-state index contributed by atoms with van der Waals surface area (Å²) in [5.41, 5.74) is 9.02. The fourth-order valence-corrected chi connectivity index (χ4v) is 2.26. The SMILES string of the molecule is Nc1nc2c(ncn2-n2c(=O)[nH]c3c(=O)[nH]c(N)nc32)c(=O)[nH]1. The zero-order valence-electron chi connectivity index (χ0n) is 11.2. The molecule has 116 valence electrons. The Balaban J connectivity index is 2.20. The molecule has 13 heteroatoms. The van der Waals surface area contributed by atoms with E-state index in [1.165, 1.54) is 6.33 Å². The van der Waals surface area contributed by atoms with Crippen LogP contribution >= 0.6 is 0 Å². The Kier molecular flexibility index (Phi) is 2.26. The average Bonchev–Trinajstić information content (AvgIpc) is 3.00. The van der Waals surface area contributed by atoms with E-state index in [9.17, 15) is 14.4 Å². The Bertz CT molecular complexity index is 1250. The number of nitrogens with zero attached hydrogens (tertiary/aromatic N) is 5. The normalized spacial score (nSPS) is 11.5. The Morgan fingerprint density at radius 2 is 1.57 bits per heavy atom. The number of rotatable bonds is 1. The van der Waals surface area contributed by atoms with Crippen LogP contribution in [0.5, 0.6) is 0 Å². The van der Waals surface area contributed by atoms with Gasteiger partial charge in [0.15, 0.2) is 22.3 Å². The van der Waals surface area contributed by atoms with Crippen molar-refractivity contribution >= 4 is 34.2 Å². The van der Waals surface area contributed by atoms with Crippen LogP contribution < -0.4 is 28.3 Å². The molecule has 0 bridgehead atoms. The van der Waals surface area contributed by atoms with Crippen LogP contribution in [-0.4, -0.2) is 39.3 Å². The summed E-state index contributed by atoms with van der Waals surface area (Å²) in [7, 11) is 0. The first-order valence-electron chi connectivity index (χ1n) is 6.19. The molecule has 0 aliphatic rings. The van der Waals surface area contributed by atoms with Gasteiger partial charge in [0, 0.05) is 0 Å². The first kappa shape index (κ1) is 12.8. The van der Waals surface area contributed by atoms with Gasteiger partial charge in [0.05, 0.1) is 0 Å². The highest BCUT2D eigenvalue weighted by molar-refractivity contribution is 5.74. The highest BCUT2D eigenvalue weighted by Crippen LogP contribution is 2.10. The van der Waals surface area contributed by atoms with Crippen molar-refractivity contribution in [3.8, 4) is 0 Å². The lowest BCUT2D eigenvalue weighted by molar-refractivity contribution is 0.662. The van der Waals surface area contributed by atoms with Crippen molar-refractivity contribution in [2.24, 2.45) is 0 Å². The summed E-state index contributed by atoms with van der Waals surface area (Å²) < 4.78 is 2.12. The summed E-state index contributed by atoms with van der Waals surface area (Å²) in [6, 6.07) is 0. The molecule has 0 aliphatic heterocycles. The maximum atomic E-state index is 12.2. The number of aromatic amines is 3. The van der Waals surface area contributed by atoms with E-state index in [1.54, 1.807) is 0 Å². The molecule has 4 heterocycles. The quantitative estimate of drug-likeness (QED) is 0.250. The fraction of sp³-hybridized carbons (Fsp3) is 0. The van der Waals surface area contributed by atoms with Gasteiger partial charge in [-0.25, -0.2) is 14.5 Å². The predicted molar refractivity (Wildman–Crippen MR) is 78.7 cm³/mol. The Hall–Kier alpha value is -3.90. The predicted octanol–water partition coefficient (Wildman–Crippen LogP) is -2.68. The molecule has 0 unspecified atom stereocenters. The number of fused-ring (bicyclic) bond motifs is 2. The lowest BCUT2D eigenvalue weighted by Gasteiger charge is -2.04. The van der Waals surface area contributed by atoms with Crippen molar-refractivity contribution in [2.45, 2.75) is 0 Å². The first-order valence-corrected chi connectivity index (χ1v) is 6.19. The van der Waals surface area contributed by atoms with Crippen molar-refractivity contribution < 1.29 is 0 Å². The van der Waals surface area contributed by atoms with E-state index in [0.717, 1.165) is 9.35 Å². The van der Waals surface area contributed by atoms with Gasteiger partial charge in [0.1, 0.15) is 6.33 Å². The lowest BCUT2D eigenvalue weighted by Crippen LogP contribution is -2.24.